The van der Waals surface area contributed by atoms with Crippen molar-refractivity contribution in [3.63, 3.8) is 0 Å². The molecule has 0 aromatic heterocycles. The van der Waals surface area contributed by atoms with E-state index < -0.39 is 11.8 Å². The van der Waals surface area contributed by atoms with Crippen molar-refractivity contribution in [1.29, 1.82) is 0 Å². The Bertz CT molecular complexity index is 978. The lowest BCUT2D eigenvalue weighted by Crippen LogP contribution is -2.04. The van der Waals surface area contributed by atoms with Gasteiger partial charge in [-0.1, -0.05) is 36.9 Å². The number of methoxy groups -OCH3 is 1. The quantitative estimate of drug-likeness (QED) is 0.0999. The Morgan fingerprint density at radius 1 is 1.29 bits per heavy atom. The van der Waals surface area contributed by atoms with E-state index in [4.69, 9.17) is 21.1 Å². The third-order valence-corrected chi connectivity index (χ3v) is 4.31. The Morgan fingerprint density at radius 2 is 2.00 bits per heavy atom. The number of benzene rings is 1. The summed E-state index contributed by atoms with van der Waals surface area (Å²) in [6.07, 6.45) is 7.69. The Balaban J connectivity index is 3.05. The van der Waals surface area contributed by atoms with E-state index in [1.807, 2.05) is 0 Å². The van der Waals surface area contributed by atoms with Crippen LogP contribution in [0.15, 0.2) is 84.1 Å². The van der Waals surface area contributed by atoms with Crippen LogP contribution in [0.25, 0.3) is 5.57 Å². The van der Waals surface area contributed by atoms with Crippen LogP contribution in [-0.2, 0) is 14.3 Å². The summed E-state index contributed by atoms with van der Waals surface area (Å²) in [5, 5.41) is 12.4. The molecule has 31 heavy (non-hydrogen) atoms. The van der Waals surface area contributed by atoms with Crippen LogP contribution >= 0.6 is 11.6 Å². The van der Waals surface area contributed by atoms with E-state index in [1.165, 1.54) is 37.9 Å². The van der Waals surface area contributed by atoms with Crippen molar-refractivity contribution in [2.24, 2.45) is 4.99 Å². The topological polar surface area (TPSA) is 80.1 Å². The second kappa shape index (κ2) is 12.9. The first-order valence-electron chi connectivity index (χ1n) is 8.91. The van der Waals surface area contributed by atoms with E-state index in [9.17, 15) is 14.3 Å². The molecule has 1 aromatic carbocycles. The zero-order valence-corrected chi connectivity index (χ0v) is 18.1. The van der Waals surface area contributed by atoms with E-state index in [-0.39, 0.29) is 22.9 Å². The molecule has 164 valence electrons. The number of carbonyl (C=O) groups is 1. The molecule has 0 unspecified atom stereocenters. The normalized spacial score (nSPS) is 12.8. The van der Waals surface area contributed by atoms with Gasteiger partial charge in [-0.2, -0.15) is 0 Å². The van der Waals surface area contributed by atoms with E-state index in [1.54, 1.807) is 19.1 Å². The monoisotopic (exact) mass is 446 g/mol. The van der Waals surface area contributed by atoms with Gasteiger partial charge in [-0.25, -0.2) is 9.18 Å². The van der Waals surface area contributed by atoms with Gasteiger partial charge in [0, 0.05) is 17.2 Å². The standard InChI is InChI=1S/C23H24ClFN2O4/c1-6-15(3)17(23(28)29)8-11-31-14-27-22-13-19(24)18(12-21(22)26-4)16(7-2)20(25)9-10-30-5/h6-13,27H,1-2,4,14H2,3,5H3,(H,28,29)/b10-9+,11-8+,17-15+,20-16-. The third-order valence-electron chi connectivity index (χ3n) is 4.00. The highest BCUT2D eigenvalue weighted by molar-refractivity contribution is 6.33. The number of allylic oxidation sites excluding steroid dienone is 6. The molecule has 0 aliphatic carbocycles. The van der Waals surface area contributed by atoms with Gasteiger partial charge in [-0.05, 0) is 37.4 Å². The number of carboxylic acid groups (broad SMARTS) is 1. The molecule has 0 bridgehead atoms. The molecule has 0 saturated carbocycles. The van der Waals surface area contributed by atoms with Crippen LogP contribution < -0.4 is 5.32 Å². The molecule has 1 aromatic rings. The second-order valence-corrected chi connectivity index (χ2v) is 6.32. The molecule has 0 fully saturated rings. The van der Waals surface area contributed by atoms with Gasteiger partial charge in [0.05, 0.1) is 41.6 Å². The largest absolute Gasteiger partial charge is 0.504 e. The first-order chi connectivity index (χ1) is 14.8. The fraction of sp³-hybridized carbons (Fsp3) is 0.130. The predicted molar refractivity (Wildman–Crippen MR) is 124 cm³/mol. The van der Waals surface area contributed by atoms with Crippen molar-refractivity contribution in [2.75, 3.05) is 19.2 Å². The van der Waals surface area contributed by atoms with Crippen molar-refractivity contribution in [1.82, 2.24) is 0 Å². The van der Waals surface area contributed by atoms with Crippen LogP contribution in [0.5, 0.6) is 0 Å². The number of rotatable bonds is 12. The number of nitrogens with one attached hydrogen (secondary N) is 1. The lowest BCUT2D eigenvalue weighted by Gasteiger charge is -2.13. The smallest absolute Gasteiger partial charge is 0.336 e. The molecule has 2 N–H and O–H groups in total. The van der Waals surface area contributed by atoms with Crippen LogP contribution in [0.1, 0.15) is 12.5 Å². The molecule has 6 nitrogen and oxygen atoms in total. The molecule has 0 spiro atoms. The fourth-order valence-corrected chi connectivity index (χ4v) is 2.62. The SMILES string of the molecule is C=C/C(=C(F)\C=C\OC)c1cc(N=C)c(NCO/C=C/C(C(=O)O)=C(/C)C=C)cc1Cl. The fourth-order valence-electron chi connectivity index (χ4n) is 2.36. The summed E-state index contributed by atoms with van der Waals surface area (Å²) < 4.78 is 24.4. The Kier molecular flexibility index (Phi) is 10.6. The van der Waals surface area contributed by atoms with Crippen LogP contribution in [0.4, 0.5) is 15.8 Å². The molecule has 0 heterocycles. The highest BCUT2D eigenvalue weighted by Crippen LogP contribution is 2.36. The number of nitrogens with zero attached hydrogens (tertiary/aromatic N) is 1. The summed E-state index contributed by atoms with van der Waals surface area (Å²) in [5.41, 5.74) is 2.00. The molecular weight excluding hydrogens is 423 g/mol. The summed E-state index contributed by atoms with van der Waals surface area (Å²) in [5.74, 6) is -1.68. The van der Waals surface area contributed by atoms with Gasteiger partial charge in [0.25, 0.3) is 0 Å². The number of carboxylic acids is 1. The Morgan fingerprint density at radius 3 is 2.55 bits per heavy atom. The van der Waals surface area contributed by atoms with Crippen LogP contribution in [-0.4, -0.2) is 31.6 Å². The first-order valence-corrected chi connectivity index (χ1v) is 9.29. The predicted octanol–water partition coefficient (Wildman–Crippen LogP) is 6.19. The van der Waals surface area contributed by atoms with Gasteiger partial charge in [0.15, 0.2) is 6.73 Å². The van der Waals surface area contributed by atoms with Gasteiger partial charge in [-0.15, -0.1) is 0 Å². The van der Waals surface area contributed by atoms with Crippen LogP contribution in [0.2, 0.25) is 5.02 Å². The Labute approximate surface area is 186 Å². The maximum Gasteiger partial charge on any atom is 0.336 e. The van der Waals surface area contributed by atoms with Crippen LogP contribution in [0.3, 0.4) is 0 Å². The molecule has 0 radical (unpaired) electrons. The molecule has 0 saturated heterocycles. The minimum atomic E-state index is -1.09. The van der Waals surface area contributed by atoms with Crippen molar-refractivity contribution in [3.8, 4) is 0 Å². The molecular formula is C23H24ClFN2O4. The average molecular weight is 447 g/mol. The lowest BCUT2D eigenvalue weighted by atomic mass is 10.0. The number of aliphatic imine (C=N–C) groups is 1. The minimum Gasteiger partial charge on any atom is -0.504 e. The molecule has 1 rings (SSSR count). The maximum absolute atomic E-state index is 14.4. The average Bonchev–Trinajstić information content (AvgIpc) is 2.75. The van der Waals surface area contributed by atoms with Gasteiger partial charge >= 0.3 is 5.97 Å². The number of ether oxygens (including phenoxy) is 2. The number of anilines is 1. The molecule has 0 aliphatic rings. The first kappa shape index (κ1) is 25.5. The summed E-state index contributed by atoms with van der Waals surface area (Å²) in [6.45, 7) is 12.3. The number of halogens is 2. The second-order valence-electron chi connectivity index (χ2n) is 5.91. The Hall–Kier alpha value is -3.58. The van der Waals surface area contributed by atoms with Crippen molar-refractivity contribution in [3.05, 3.63) is 89.7 Å². The lowest BCUT2D eigenvalue weighted by molar-refractivity contribution is -0.132. The number of hydrogen-bond donors (Lipinski definition) is 2. The molecule has 0 aliphatic heterocycles. The van der Waals surface area contributed by atoms with Crippen molar-refractivity contribution in [2.45, 2.75) is 6.92 Å². The number of hydrogen-bond acceptors (Lipinski definition) is 5. The summed E-state index contributed by atoms with van der Waals surface area (Å²) in [6, 6.07) is 3.11. The minimum absolute atomic E-state index is 0.0101. The van der Waals surface area contributed by atoms with Crippen LogP contribution in [0, 0.1) is 0 Å². The maximum atomic E-state index is 14.4. The number of aliphatic carboxylic acids is 1. The van der Waals surface area contributed by atoms with Crippen molar-refractivity contribution >= 4 is 41.2 Å². The van der Waals surface area contributed by atoms with Gasteiger partial charge < -0.3 is 19.9 Å². The molecule has 0 amide bonds. The highest BCUT2D eigenvalue weighted by atomic mass is 35.5. The van der Waals surface area contributed by atoms with Gasteiger partial charge in [0.2, 0.25) is 0 Å². The van der Waals surface area contributed by atoms with Gasteiger partial charge in [0.1, 0.15) is 5.83 Å². The van der Waals surface area contributed by atoms with E-state index >= 15 is 0 Å². The summed E-state index contributed by atoms with van der Waals surface area (Å²) in [7, 11) is 1.40. The zero-order chi connectivity index (χ0) is 23.4. The summed E-state index contributed by atoms with van der Waals surface area (Å²) in [4.78, 5) is 15.1. The molecule has 0 atom stereocenters. The third kappa shape index (κ3) is 7.31. The zero-order valence-electron chi connectivity index (χ0n) is 17.3. The molecule has 8 heteroatoms. The highest BCUT2D eigenvalue weighted by Gasteiger charge is 2.13. The van der Waals surface area contributed by atoms with E-state index in [0.717, 1.165) is 6.08 Å². The van der Waals surface area contributed by atoms with E-state index in [0.29, 0.717) is 22.5 Å². The van der Waals surface area contributed by atoms with Gasteiger partial charge in [-0.3, -0.25) is 4.99 Å². The van der Waals surface area contributed by atoms with E-state index in [2.05, 4.69) is 30.2 Å². The van der Waals surface area contributed by atoms with Crippen molar-refractivity contribution < 1.29 is 23.8 Å². The summed E-state index contributed by atoms with van der Waals surface area (Å²) >= 11 is 6.34.